The van der Waals surface area contributed by atoms with Crippen LogP contribution in [0.1, 0.15) is 11.1 Å². The second-order valence-corrected chi connectivity index (χ2v) is 7.74. The minimum atomic E-state index is -0.385. The van der Waals surface area contributed by atoms with Crippen LogP contribution < -0.4 is 9.47 Å². The quantitative estimate of drug-likeness (QED) is 0.737. The molecule has 0 heterocycles. The van der Waals surface area contributed by atoms with Gasteiger partial charge < -0.3 is 0 Å². The van der Waals surface area contributed by atoms with Crippen molar-refractivity contribution in [3.63, 3.8) is 0 Å². The first-order valence-corrected chi connectivity index (χ1v) is 10.3. The van der Waals surface area contributed by atoms with Gasteiger partial charge in [-0.25, -0.2) is 0 Å². The first-order valence-electron chi connectivity index (χ1n) is 6.28. The van der Waals surface area contributed by atoms with Crippen molar-refractivity contribution in [3.05, 3.63) is 59.7 Å². The van der Waals surface area contributed by atoms with Crippen LogP contribution in [0.2, 0.25) is 0 Å². The molecule has 0 bridgehead atoms. The summed E-state index contributed by atoms with van der Waals surface area (Å²) in [6.45, 7) is 0. The molecule has 2 rings (SSSR count). The summed E-state index contributed by atoms with van der Waals surface area (Å²) in [5.74, 6) is 1.87. The molecule has 0 fully saturated rings. The summed E-state index contributed by atoms with van der Waals surface area (Å²) in [6, 6.07) is 16.9. The fraction of sp³-hybridized carbons (Fsp3) is 0.250. The predicted octanol–water partition coefficient (Wildman–Crippen LogP) is 3.11. The Morgan fingerprint density at radius 2 is 1.05 bits per heavy atom. The monoisotopic (exact) mass is 362 g/mol. The molecule has 2 aromatic rings. The van der Waals surface area contributed by atoms with Crippen LogP contribution >= 0.6 is 0 Å². The van der Waals surface area contributed by atoms with Crippen LogP contribution in [0.15, 0.2) is 48.5 Å². The van der Waals surface area contributed by atoms with Crippen molar-refractivity contribution in [2.45, 2.75) is 8.87 Å². The number of hydrogen-bond donors (Lipinski definition) is 0. The van der Waals surface area contributed by atoms with E-state index in [0.717, 1.165) is 11.5 Å². The molecule has 0 saturated carbocycles. The molecule has 0 aromatic heterocycles. The molecule has 0 aliphatic heterocycles. The summed E-state index contributed by atoms with van der Waals surface area (Å²) in [7, 11) is 3.41. The number of hydrogen-bond acceptors (Lipinski definition) is 2. The number of benzene rings is 2. The van der Waals surface area contributed by atoms with Crippen LogP contribution in [-0.2, 0) is 8.87 Å². The Hall–Kier alpha value is -1.16. The fourth-order valence-corrected chi connectivity index (χ4v) is 5.19. The van der Waals surface area contributed by atoms with Crippen molar-refractivity contribution >= 4 is 21.1 Å². The third-order valence-corrected chi connectivity index (χ3v) is 6.73. The van der Waals surface area contributed by atoms with Gasteiger partial charge in [0.05, 0.1) is 0 Å². The van der Waals surface area contributed by atoms with Gasteiger partial charge in [-0.2, -0.15) is 0 Å². The molecule has 2 aromatic carbocycles. The van der Waals surface area contributed by atoms with Crippen LogP contribution in [0.25, 0.3) is 0 Å². The third-order valence-electron chi connectivity index (χ3n) is 2.98. The Balaban J connectivity index is 1.81. The van der Waals surface area contributed by atoms with Gasteiger partial charge in [-0.1, -0.05) is 0 Å². The second kappa shape index (κ2) is 7.43. The molecule has 0 aliphatic carbocycles. The molecule has 0 atom stereocenters. The number of ether oxygens (including phenoxy) is 2. The van der Waals surface area contributed by atoms with Gasteiger partial charge >= 0.3 is 125 Å². The van der Waals surface area contributed by atoms with Crippen molar-refractivity contribution in [3.8, 4) is 11.5 Å². The van der Waals surface area contributed by atoms with Crippen molar-refractivity contribution in [1.82, 2.24) is 0 Å². The van der Waals surface area contributed by atoms with Crippen molar-refractivity contribution in [2.24, 2.45) is 0 Å². The van der Waals surface area contributed by atoms with E-state index in [4.69, 9.17) is 9.47 Å². The molecule has 19 heavy (non-hydrogen) atoms. The molecule has 2 radical (unpaired) electrons. The van der Waals surface area contributed by atoms with Crippen molar-refractivity contribution in [2.75, 3.05) is 14.2 Å². The van der Waals surface area contributed by atoms with Crippen LogP contribution in [0.5, 0.6) is 11.5 Å². The summed E-state index contributed by atoms with van der Waals surface area (Å²) < 4.78 is 12.9. The van der Waals surface area contributed by atoms with Crippen LogP contribution in [-0.4, -0.2) is 35.4 Å². The zero-order valence-corrected chi connectivity index (χ0v) is 14.2. The summed E-state index contributed by atoms with van der Waals surface area (Å²) in [5.41, 5.74) is 2.86. The molecule has 98 valence electrons. The van der Waals surface area contributed by atoms with E-state index in [1.807, 2.05) is 24.3 Å². The molecule has 3 heteroatoms. The SMILES string of the molecule is COc1ccc([CH2][Sn][CH2]c2ccc(OC)cc2)cc1. The zero-order valence-electron chi connectivity index (χ0n) is 11.3. The van der Waals surface area contributed by atoms with Gasteiger partial charge in [-0.3, -0.25) is 0 Å². The predicted molar refractivity (Wildman–Crippen MR) is 79.2 cm³/mol. The standard InChI is InChI=1S/2C8H9O.Sn/c2*1-7-3-5-8(9-2)6-4-7;/h2*3-6H,1H2,2H3;. The van der Waals surface area contributed by atoms with Crippen LogP contribution in [0, 0.1) is 0 Å². The minimum absolute atomic E-state index is 0.385. The Morgan fingerprint density at radius 3 is 1.37 bits per heavy atom. The molecule has 0 saturated heterocycles. The van der Waals surface area contributed by atoms with Gasteiger partial charge in [0.25, 0.3) is 0 Å². The summed E-state index contributed by atoms with van der Waals surface area (Å²) in [5, 5.41) is 0. The fourth-order valence-electron chi connectivity index (χ4n) is 1.84. The molecule has 0 amide bonds. The van der Waals surface area contributed by atoms with E-state index in [1.54, 1.807) is 14.2 Å². The Kier molecular flexibility index (Phi) is 5.58. The van der Waals surface area contributed by atoms with Gasteiger partial charge in [0, 0.05) is 0 Å². The zero-order chi connectivity index (χ0) is 13.5. The molecule has 0 N–H and O–H groups in total. The summed E-state index contributed by atoms with van der Waals surface area (Å²) >= 11 is -0.385. The van der Waals surface area contributed by atoms with Crippen molar-refractivity contribution in [1.29, 1.82) is 0 Å². The van der Waals surface area contributed by atoms with E-state index >= 15 is 0 Å². The average Bonchev–Trinajstić information content (AvgIpc) is 2.49. The first-order chi connectivity index (χ1) is 9.31. The molecule has 0 aliphatic rings. The Labute approximate surface area is 125 Å². The molecule has 2 nitrogen and oxygen atoms in total. The van der Waals surface area contributed by atoms with Gasteiger partial charge in [-0.05, 0) is 0 Å². The third kappa shape index (κ3) is 4.46. The Morgan fingerprint density at radius 1 is 0.684 bits per heavy atom. The maximum absolute atomic E-state index is 5.17. The van der Waals surface area contributed by atoms with E-state index in [9.17, 15) is 0 Å². The molecular formula is C16H18O2Sn. The first kappa shape index (κ1) is 14.3. The van der Waals surface area contributed by atoms with Crippen LogP contribution in [0.3, 0.4) is 0 Å². The molecule has 0 unspecified atom stereocenters. The topological polar surface area (TPSA) is 18.5 Å². The summed E-state index contributed by atoms with van der Waals surface area (Å²) in [4.78, 5) is 0. The maximum atomic E-state index is 5.17. The second-order valence-electron chi connectivity index (χ2n) is 4.30. The Bertz CT molecular complexity index is 444. The van der Waals surface area contributed by atoms with E-state index in [2.05, 4.69) is 24.3 Å². The molecular weight excluding hydrogens is 343 g/mol. The van der Waals surface area contributed by atoms with Gasteiger partial charge in [0.2, 0.25) is 0 Å². The normalized spacial score (nSPS) is 10.2. The number of methoxy groups -OCH3 is 2. The van der Waals surface area contributed by atoms with E-state index in [0.29, 0.717) is 0 Å². The number of rotatable bonds is 6. The van der Waals surface area contributed by atoms with Gasteiger partial charge in [0.1, 0.15) is 0 Å². The van der Waals surface area contributed by atoms with E-state index in [-0.39, 0.29) is 21.1 Å². The summed E-state index contributed by atoms with van der Waals surface area (Å²) in [6.07, 6.45) is 0. The van der Waals surface area contributed by atoms with Gasteiger partial charge in [-0.15, -0.1) is 0 Å². The van der Waals surface area contributed by atoms with Crippen molar-refractivity contribution < 1.29 is 9.47 Å². The van der Waals surface area contributed by atoms with Gasteiger partial charge in [0.15, 0.2) is 0 Å². The van der Waals surface area contributed by atoms with Crippen LogP contribution in [0.4, 0.5) is 0 Å². The molecule has 0 spiro atoms. The van der Waals surface area contributed by atoms with E-state index in [1.165, 1.54) is 20.0 Å². The van der Waals surface area contributed by atoms with E-state index < -0.39 is 0 Å². The average molecular weight is 361 g/mol.